The lowest BCUT2D eigenvalue weighted by Gasteiger charge is -2.25. The summed E-state index contributed by atoms with van der Waals surface area (Å²) in [5, 5.41) is 20.1. The summed E-state index contributed by atoms with van der Waals surface area (Å²) in [6.45, 7) is 6.47. The van der Waals surface area contributed by atoms with E-state index in [1.54, 1.807) is 27.7 Å². The van der Waals surface area contributed by atoms with Crippen molar-refractivity contribution in [1.82, 2.24) is 0 Å². The van der Waals surface area contributed by atoms with Gasteiger partial charge >= 0.3 is 23.9 Å². The number of ether oxygens (including phenoxy) is 4. The molecule has 0 aliphatic heterocycles. The van der Waals surface area contributed by atoms with Crippen molar-refractivity contribution in [2.45, 2.75) is 39.5 Å². The molecule has 0 radical (unpaired) electrons. The molecule has 0 bridgehead atoms. The smallest absolute Gasteiger partial charge is 0.331 e. The lowest BCUT2D eigenvalue weighted by atomic mass is 9.85. The number of rotatable bonds is 14. The molecule has 2 aliphatic carbocycles. The normalized spacial score (nSPS) is 14.2. The van der Waals surface area contributed by atoms with Gasteiger partial charge in [0.25, 0.3) is 0 Å². The van der Waals surface area contributed by atoms with Crippen LogP contribution in [0.4, 0.5) is 0 Å². The number of fused-ring (bicyclic) bond motifs is 6. The zero-order valence-electron chi connectivity index (χ0n) is 31.7. The Morgan fingerprint density at radius 1 is 0.518 bits per heavy atom. The van der Waals surface area contributed by atoms with E-state index in [2.05, 4.69) is 12.1 Å². The van der Waals surface area contributed by atoms with Crippen LogP contribution in [-0.2, 0) is 38.1 Å². The molecule has 0 spiro atoms. The maximum absolute atomic E-state index is 13.3. The van der Waals surface area contributed by atoms with Crippen molar-refractivity contribution in [3.63, 3.8) is 0 Å². The van der Waals surface area contributed by atoms with Crippen molar-refractivity contribution in [2.75, 3.05) is 26.4 Å². The predicted octanol–water partition coefficient (Wildman–Crippen LogP) is 7.67. The van der Waals surface area contributed by atoms with Crippen molar-refractivity contribution < 1.29 is 38.1 Å². The van der Waals surface area contributed by atoms with E-state index < -0.39 is 58.4 Å². The highest BCUT2D eigenvalue weighted by Crippen LogP contribution is 2.49. The zero-order chi connectivity index (χ0) is 40.0. The standard InChI is InChI=1S/C46H42N2O8/c1-45(2,27-55-43(51)37(23-47)41-33-17-9-5-13-29(33)30-14-6-10-18-34(30)41)25-53-39(49)21-22-40(50)54-26-46(3,4)28-56-44(52)38(24-48)42-35-19-11-7-15-31(35)32-16-8-12-20-36(32)42/h5-22,37-38,41-42H,25-28H2,1-4H3/b22-21+. The Kier molecular flexibility index (Phi) is 11.5. The molecule has 0 saturated carbocycles. The summed E-state index contributed by atoms with van der Waals surface area (Å²) in [7, 11) is 0. The quantitative estimate of drug-likeness (QED) is 0.0713. The highest BCUT2D eigenvalue weighted by atomic mass is 16.6. The number of nitriles is 2. The Labute approximate surface area is 326 Å². The SMILES string of the molecule is CC(C)(COC(=O)/C=C/C(=O)OCC(C)(C)COC(=O)C(C#N)C1c2ccccc2-c2ccccc21)COC(=O)C(C#N)C1c2ccccc2-c2ccccc21. The van der Waals surface area contributed by atoms with E-state index in [0.29, 0.717) is 0 Å². The fourth-order valence-corrected chi connectivity index (χ4v) is 7.20. The first-order valence-corrected chi connectivity index (χ1v) is 18.3. The van der Waals surface area contributed by atoms with Crippen LogP contribution in [-0.4, -0.2) is 50.3 Å². The van der Waals surface area contributed by atoms with Crippen LogP contribution in [0.1, 0.15) is 61.8 Å². The first-order chi connectivity index (χ1) is 26.8. The molecule has 4 aromatic carbocycles. The molecule has 0 N–H and O–H groups in total. The summed E-state index contributed by atoms with van der Waals surface area (Å²) in [5.74, 6) is -6.04. The average molecular weight is 751 g/mol. The van der Waals surface area contributed by atoms with E-state index in [0.717, 1.165) is 56.7 Å². The molecule has 10 heteroatoms. The van der Waals surface area contributed by atoms with Crippen LogP contribution < -0.4 is 0 Å². The molecular weight excluding hydrogens is 709 g/mol. The highest BCUT2D eigenvalue weighted by Gasteiger charge is 2.41. The topological polar surface area (TPSA) is 153 Å². The number of esters is 4. The molecule has 284 valence electrons. The number of nitrogens with zero attached hydrogens (tertiary/aromatic N) is 2. The minimum atomic E-state index is -1.08. The van der Waals surface area contributed by atoms with Crippen LogP contribution in [0, 0.1) is 45.3 Å². The molecule has 0 saturated heterocycles. The van der Waals surface area contributed by atoms with Crippen molar-refractivity contribution in [3.05, 3.63) is 131 Å². The van der Waals surface area contributed by atoms with Gasteiger partial charge in [0.05, 0.1) is 38.6 Å². The van der Waals surface area contributed by atoms with Crippen LogP contribution in [0.25, 0.3) is 22.3 Å². The minimum absolute atomic E-state index is 0.116. The van der Waals surface area contributed by atoms with Gasteiger partial charge in [-0.1, -0.05) is 125 Å². The van der Waals surface area contributed by atoms with Crippen LogP contribution in [0.15, 0.2) is 109 Å². The van der Waals surface area contributed by atoms with Crippen molar-refractivity contribution in [3.8, 4) is 34.4 Å². The molecule has 0 aromatic heterocycles. The zero-order valence-corrected chi connectivity index (χ0v) is 31.7. The number of hydrogen-bond acceptors (Lipinski definition) is 10. The molecule has 10 nitrogen and oxygen atoms in total. The Bertz CT molecular complexity index is 2030. The summed E-state index contributed by atoms with van der Waals surface area (Å²) in [5.41, 5.74) is 5.90. The van der Waals surface area contributed by atoms with Gasteiger partial charge in [-0.3, -0.25) is 9.59 Å². The van der Waals surface area contributed by atoms with Crippen molar-refractivity contribution in [1.29, 1.82) is 10.5 Å². The second-order valence-electron chi connectivity index (χ2n) is 15.6. The summed E-state index contributed by atoms with van der Waals surface area (Å²) in [6.07, 6.45) is 1.87. The molecule has 56 heavy (non-hydrogen) atoms. The van der Waals surface area contributed by atoms with Gasteiger partial charge in [0.1, 0.15) is 0 Å². The van der Waals surface area contributed by atoms with Gasteiger partial charge in [-0.25, -0.2) is 9.59 Å². The average Bonchev–Trinajstić information content (AvgIpc) is 3.71. The first kappa shape index (κ1) is 39.2. The van der Waals surface area contributed by atoms with E-state index in [-0.39, 0.29) is 26.4 Å². The lowest BCUT2D eigenvalue weighted by Crippen LogP contribution is -2.31. The van der Waals surface area contributed by atoms with E-state index >= 15 is 0 Å². The van der Waals surface area contributed by atoms with Crippen LogP contribution in [0.2, 0.25) is 0 Å². The Morgan fingerprint density at radius 3 is 1.07 bits per heavy atom. The molecule has 0 heterocycles. The monoisotopic (exact) mass is 750 g/mol. The van der Waals surface area contributed by atoms with Gasteiger partial charge in [0.2, 0.25) is 0 Å². The van der Waals surface area contributed by atoms with Gasteiger partial charge in [-0.2, -0.15) is 10.5 Å². The fraction of sp³-hybridized carbons (Fsp3) is 0.304. The maximum Gasteiger partial charge on any atom is 0.331 e. The van der Waals surface area contributed by atoms with E-state index in [4.69, 9.17) is 18.9 Å². The summed E-state index contributed by atoms with van der Waals surface area (Å²) >= 11 is 0. The Hall–Kier alpha value is -6.52. The van der Waals surface area contributed by atoms with E-state index in [1.165, 1.54) is 0 Å². The second-order valence-corrected chi connectivity index (χ2v) is 15.6. The third-order valence-corrected chi connectivity index (χ3v) is 9.99. The van der Waals surface area contributed by atoms with Gasteiger partial charge < -0.3 is 18.9 Å². The molecular formula is C46H42N2O8. The largest absolute Gasteiger partial charge is 0.464 e. The third-order valence-electron chi connectivity index (χ3n) is 9.99. The summed E-state index contributed by atoms with van der Waals surface area (Å²) < 4.78 is 21.9. The van der Waals surface area contributed by atoms with Gasteiger partial charge in [0.15, 0.2) is 11.8 Å². The fourth-order valence-electron chi connectivity index (χ4n) is 7.20. The summed E-state index contributed by atoms with van der Waals surface area (Å²) in [4.78, 5) is 51.5. The van der Waals surface area contributed by atoms with Gasteiger partial charge in [0, 0.05) is 34.8 Å². The molecule has 6 rings (SSSR count). The van der Waals surface area contributed by atoms with E-state index in [9.17, 15) is 29.7 Å². The third kappa shape index (κ3) is 8.40. The molecule has 2 unspecified atom stereocenters. The lowest BCUT2D eigenvalue weighted by molar-refractivity contribution is -0.154. The predicted molar refractivity (Wildman–Crippen MR) is 206 cm³/mol. The number of carbonyl (C=O) groups excluding carboxylic acids is 4. The van der Waals surface area contributed by atoms with Crippen LogP contribution >= 0.6 is 0 Å². The van der Waals surface area contributed by atoms with Gasteiger partial charge in [-0.05, 0) is 44.5 Å². The molecule has 2 aliphatic rings. The molecule has 4 aromatic rings. The number of hydrogen-bond donors (Lipinski definition) is 0. The van der Waals surface area contributed by atoms with Crippen molar-refractivity contribution in [2.24, 2.45) is 22.7 Å². The first-order valence-electron chi connectivity index (χ1n) is 18.3. The van der Waals surface area contributed by atoms with Crippen molar-refractivity contribution >= 4 is 23.9 Å². The van der Waals surface area contributed by atoms with E-state index in [1.807, 2.05) is 97.1 Å². The number of benzene rings is 4. The van der Waals surface area contributed by atoms with Crippen LogP contribution in [0.5, 0.6) is 0 Å². The Morgan fingerprint density at radius 2 is 0.786 bits per heavy atom. The number of carbonyl (C=O) groups is 4. The van der Waals surface area contributed by atoms with Gasteiger partial charge in [-0.15, -0.1) is 0 Å². The maximum atomic E-state index is 13.3. The second kappa shape index (κ2) is 16.5. The molecule has 0 fully saturated rings. The molecule has 0 amide bonds. The molecule has 2 atom stereocenters. The minimum Gasteiger partial charge on any atom is -0.464 e. The van der Waals surface area contributed by atoms with Crippen LogP contribution in [0.3, 0.4) is 0 Å². The summed E-state index contributed by atoms with van der Waals surface area (Å²) in [6, 6.07) is 35.1. The Balaban J connectivity index is 0.944. The highest BCUT2D eigenvalue weighted by molar-refractivity contribution is 5.92.